The lowest BCUT2D eigenvalue weighted by atomic mass is 10.2. The smallest absolute Gasteiger partial charge is 0.297 e. The first kappa shape index (κ1) is 21.9. The summed E-state index contributed by atoms with van der Waals surface area (Å²) in [5, 5.41) is 0. The van der Waals surface area contributed by atoms with Gasteiger partial charge in [-0.1, -0.05) is 48.0 Å². The summed E-state index contributed by atoms with van der Waals surface area (Å²) in [6.07, 6.45) is 2.10. The van der Waals surface area contributed by atoms with Gasteiger partial charge in [-0.25, -0.2) is 0 Å². The maximum Gasteiger partial charge on any atom is 0.297 e. The Morgan fingerprint density at radius 2 is 1.79 bits per heavy atom. The van der Waals surface area contributed by atoms with E-state index in [0.29, 0.717) is 13.2 Å². The molecule has 158 valence electrons. The fourth-order valence-electron chi connectivity index (χ4n) is 2.93. The lowest BCUT2D eigenvalue weighted by Crippen LogP contribution is -2.31. The van der Waals surface area contributed by atoms with E-state index < -0.39 is 16.2 Å². The summed E-state index contributed by atoms with van der Waals surface area (Å²) in [6.45, 7) is 2.99. The highest BCUT2D eigenvalue weighted by Crippen LogP contribution is 2.17. The van der Waals surface area contributed by atoms with Gasteiger partial charge < -0.3 is 14.2 Å². The molecule has 0 radical (unpaired) electrons. The molecule has 1 aliphatic rings. The number of ether oxygens (including phenoxy) is 3. The van der Waals surface area contributed by atoms with E-state index >= 15 is 0 Å². The van der Waals surface area contributed by atoms with Crippen LogP contribution in [0, 0.1) is 6.92 Å². The van der Waals surface area contributed by atoms with Crippen LogP contribution in [0.4, 0.5) is 0 Å². The van der Waals surface area contributed by atoms with Gasteiger partial charge in [0.15, 0.2) is 6.29 Å². The van der Waals surface area contributed by atoms with E-state index in [0.717, 1.165) is 30.4 Å². The molecule has 2 atom stereocenters. The molecule has 29 heavy (non-hydrogen) atoms. The third kappa shape index (κ3) is 7.21. The molecule has 0 saturated carbocycles. The van der Waals surface area contributed by atoms with Crippen molar-refractivity contribution in [1.82, 2.24) is 0 Å². The van der Waals surface area contributed by atoms with Gasteiger partial charge in [0.1, 0.15) is 6.10 Å². The predicted molar refractivity (Wildman–Crippen MR) is 109 cm³/mol. The zero-order valence-electron chi connectivity index (χ0n) is 16.7. The van der Waals surface area contributed by atoms with Gasteiger partial charge in [0.05, 0.1) is 24.7 Å². The van der Waals surface area contributed by atoms with Gasteiger partial charge in [0.25, 0.3) is 10.1 Å². The van der Waals surface area contributed by atoms with Crippen molar-refractivity contribution in [3.8, 4) is 0 Å². The van der Waals surface area contributed by atoms with Gasteiger partial charge in [-0.05, 0) is 43.9 Å². The summed E-state index contributed by atoms with van der Waals surface area (Å²) in [6, 6.07) is 16.2. The van der Waals surface area contributed by atoms with Crippen molar-refractivity contribution in [2.75, 3.05) is 19.8 Å². The molecule has 0 spiro atoms. The quantitative estimate of drug-likeness (QED) is 0.544. The molecule has 0 bridgehead atoms. The molecule has 1 saturated heterocycles. The van der Waals surface area contributed by atoms with E-state index in [9.17, 15) is 8.42 Å². The van der Waals surface area contributed by atoms with Crippen molar-refractivity contribution in [3.63, 3.8) is 0 Å². The van der Waals surface area contributed by atoms with Crippen LogP contribution in [0.5, 0.6) is 0 Å². The van der Waals surface area contributed by atoms with Crippen LogP contribution in [0.15, 0.2) is 59.5 Å². The standard InChI is InChI=1S/C22H28O6S/c1-18-10-12-21(13-11-18)29(23,24)28-17-20(16-27-22-9-5-6-14-25-22)26-15-19-7-3-2-4-8-19/h2-4,7-8,10-13,20,22H,5-6,9,14-17H2,1H3/t20-,22?/m0/s1. The van der Waals surface area contributed by atoms with E-state index in [-0.39, 0.29) is 24.4 Å². The minimum absolute atomic E-state index is 0.126. The van der Waals surface area contributed by atoms with Crippen molar-refractivity contribution in [2.45, 2.75) is 50.1 Å². The topological polar surface area (TPSA) is 71.1 Å². The van der Waals surface area contributed by atoms with Crippen molar-refractivity contribution in [2.24, 2.45) is 0 Å². The molecule has 0 amide bonds. The average Bonchev–Trinajstić information content (AvgIpc) is 2.75. The lowest BCUT2D eigenvalue weighted by molar-refractivity contribution is -0.183. The first-order valence-electron chi connectivity index (χ1n) is 9.88. The van der Waals surface area contributed by atoms with Crippen LogP contribution in [0.1, 0.15) is 30.4 Å². The number of hydrogen-bond donors (Lipinski definition) is 0. The SMILES string of the molecule is Cc1ccc(S(=O)(=O)OC[C@H](COC2CCCCO2)OCc2ccccc2)cc1. The molecule has 1 fully saturated rings. The molecule has 0 aliphatic carbocycles. The number of benzene rings is 2. The molecule has 6 nitrogen and oxygen atoms in total. The molecular formula is C22H28O6S. The number of rotatable bonds is 10. The summed E-state index contributed by atoms with van der Waals surface area (Å²) < 4.78 is 47.5. The molecule has 1 heterocycles. The largest absolute Gasteiger partial charge is 0.369 e. The summed E-state index contributed by atoms with van der Waals surface area (Å²) in [5.74, 6) is 0. The van der Waals surface area contributed by atoms with Crippen molar-refractivity contribution >= 4 is 10.1 Å². The highest BCUT2D eigenvalue weighted by atomic mass is 32.2. The Bertz CT molecular complexity index is 829. The first-order chi connectivity index (χ1) is 14.0. The van der Waals surface area contributed by atoms with E-state index in [1.165, 1.54) is 12.1 Å². The van der Waals surface area contributed by atoms with Gasteiger partial charge in [-0.15, -0.1) is 0 Å². The van der Waals surface area contributed by atoms with Gasteiger partial charge >= 0.3 is 0 Å². The lowest BCUT2D eigenvalue weighted by Gasteiger charge is -2.25. The van der Waals surface area contributed by atoms with Crippen molar-refractivity contribution in [1.29, 1.82) is 0 Å². The molecule has 3 rings (SSSR count). The summed E-state index contributed by atoms with van der Waals surface area (Å²) in [5.41, 5.74) is 1.97. The molecular weight excluding hydrogens is 392 g/mol. The van der Waals surface area contributed by atoms with Crippen LogP contribution in [-0.2, 0) is 35.1 Å². The summed E-state index contributed by atoms with van der Waals surface area (Å²) in [4.78, 5) is 0.126. The predicted octanol–water partition coefficient (Wildman–Crippen LogP) is 3.83. The summed E-state index contributed by atoms with van der Waals surface area (Å²) in [7, 11) is -3.87. The van der Waals surface area contributed by atoms with Crippen LogP contribution in [0.2, 0.25) is 0 Å². The Labute approximate surface area is 172 Å². The highest BCUT2D eigenvalue weighted by molar-refractivity contribution is 7.86. The Morgan fingerprint density at radius 1 is 1.03 bits per heavy atom. The highest BCUT2D eigenvalue weighted by Gasteiger charge is 2.22. The van der Waals surface area contributed by atoms with Crippen LogP contribution < -0.4 is 0 Å². The molecule has 0 aromatic heterocycles. The third-order valence-electron chi connectivity index (χ3n) is 4.65. The molecule has 7 heteroatoms. The van der Waals surface area contributed by atoms with E-state index in [2.05, 4.69) is 0 Å². The molecule has 2 aromatic carbocycles. The van der Waals surface area contributed by atoms with Crippen LogP contribution >= 0.6 is 0 Å². The van der Waals surface area contributed by atoms with E-state index in [4.69, 9.17) is 18.4 Å². The second kappa shape index (κ2) is 10.8. The third-order valence-corrected chi connectivity index (χ3v) is 5.95. The number of aryl methyl sites for hydroxylation is 1. The van der Waals surface area contributed by atoms with Crippen LogP contribution in [-0.4, -0.2) is 40.6 Å². The van der Waals surface area contributed by atoms with Crippen molar-refractivity contribution < 1.29 is 26.8 Å². The molecule has 1 unspecified atom stereocenters. The van der Waals surface area contributed by atoms with Crippen molar-refractivity contribution in [3.05, 3.63) is 65.7 Å². The fraction of sp³-hybridized carbons (Fsp3) is 0.455. The van der Waals surface area contributed by atoms with E-state index in [1.54, 1.807) is 12.1 Å². The fourth-order valence-corrected chi connectivity index (χ4v) is 3.86. The maximum absolute atomic E-state index is 12.5. The molecule has 0 N–H and O–H groups in total. The second-order valence-corrected chi connectivity index (χ2v) is 8.72. The second-order valence-electron chi connectivity index (χ2n) is 7.10. The monoisotopic (exact) mass is 420 g/mol. The first-order valence-corrected chi connectivity index (χ1v) is 11.3. The van der Waals surface area contributed by atoms with E-state index in [1.807, 2.05) is 37.3 Å². The Kier molecular flexibility index (Phi) is 8.20. The zero-order valence-corrected chi connectivity index (χ0v) is 17.5. The minimum Gasteiger partial charge on any atom is -0.369 e. The Hall–Kier alpha value is -1.77. The van der Waals surface area contributed by atoms with Gasteiger partial charge in [-0.2, -0.15) is 8.42 Å². The Balaban J connectivity index is 1.58. The van der Waals surface area contributed by atoms with Gasteiger partial charge in [0.2, 0.25) is 0 Å². The minimum atomic E-state index is -3.87. The van der Waals surface area contributed by atoms with Crippen LogP contribution in [0.25, 0.3) is 0 Å². The molecule has 2 aromatic rings. The van der Waals surface area contributed by atoms with Gasteiger partial charge in [0, 0.05) is 6.61 Å². The maximum atomic E-state index is 12.5. The summed E-state index contributed by atoms with van der Waals surface area (Å²) >= 11 is 0. The Morgan fingerprint density at radius 3 is 2.48 bits per heavy atom. The number of hydrogen-bond acceptors (Lipinski definition) is 6. The molecule has 1 aliphatic heterocycles. The van der Waals surface area contributed by atoms with Crippen LogP contribution in [0.3, 0.4) is 0 Å². The van der Waals surface area contributed by atoms with Gasteiger partial charge in [-0.3, -0.25) is 4.18 Å². The zero-order chi connectivity index (χ0) is 20.5. The average molecular weight is 421 g/mol. The normalized spacial score (nSPS) is 18.4.